The van der Waals surface area contributed by atoms with Crippen molar-refractivity contribution in [2.45, 2.75) is 12.8 Å². The summed E-state index contributed by atoms with van der Waals surface area (Å²) >= 11 is 17.8. The molecule has 0 bridgehead atoms. The van der Waals surface area contributed by atoms with E-state index in [0.717, 1.165) is 12.8 Å². The van der Waals surface area contributed by atoms with Crippen LogP contribution in [0, 0.1) is 0 Å². The predicted molar refractivity (Wildman–Crippen MR) is 81.7 cm³/mol. The van der Waals surface area contributed by atoms with Crippen molar-refractivity contribution in [3.63, 3.8) is 0 Å². The fourth-order valence-electron chi connectivity index (χ4n) is 1.72. The van der Waals surface area contributed by atoms with Gasteiger partial charge in [-0.3, -0.25) is 0 Å². The van der Waals surface area contributed by atoms with Crippen LogP contribution in [-0.4, -0.2) is 6.61 Å². The van der Waals surface area contributed by atoms with Gasteiger partial charge in [0.15, 0.2) is 0 Å². The van der Waals surface area contributed by atoms with E-state index < -0.39 is 0 Å². The molecule has 0 fully saturated rings. The van der Waals surface area contributed by atoms with Crippen LogP contribution >= 0.6 is 34.8 Å². The van der Waals surface area contributed by atoms with Gasteiger partial charge in [0.25, 0.3) is 0 Å². The van der Waals surface area contributed by atoms with E-state index in [1.165, 1.54) is 5.56 Å². The summed E-state index contributed by atoms with van der Waals surface area (Å²) in [4.78, 5) is 0. The van der Waals surface area contributed by atoms with E-state index in [0.29, 0.717) is 27.4 Å². The second-order valence-corrected chi connectivity index (χ2v) is 5.36. The maximum absolute atomic E-state index is 6.03. The van der Waals surface area contributed by atoms with Gasteiger partial charge >= 0.3 is 0 Å². The van der Waals surface area contributed by atoms with Crippen molar-refractivity contribution < 1.29 is 4.74 Å². The minimum absolute atomic E-state index is 0.434. The van der Waals surface area contributed by atoms with Gasteiger partial charge < -0.3 is 4.74 Å². The van der Waals surface area contributed by atoms with Crippen LogP contribution in [0.4, 0.5) is 0 Å². The van der Waals surface area contributed by atoms with Crippen LogP contribution in [0.5, 0.6) is 5.75 Å². The van der Waals surface area contributed by atoms with Crippen molar-refractivity contribution in [3.05, 3.63) is 63.1 Å². The standard InChI is InChI=1S/C15H13Cl3O/c16-12-9-14(18)15(10-13(12)17)19-8-4-7-11-5-2-1-3-6-11/h1-3,5-6,9-10H,4,7-8H2. The third kappa shape index (κ3) is 4.31. The highest BCUT2D eigenvalue weighted by atomic mass is 35.5. The molecule has 100 valence electrons. The quantitative estimate of drug-likeness (QED) is 0.511. The van der Waals surface area contributed by atoms with E-state index in [-0.39, 0.29) is 0 Å². The lowest BCUT2D eigenvalue weighted by Crippen LogP contribution is -2.00. The first kappa shape index (κ1) is 14.5. The van der Waals surface area contributed by atoms with Crippen LogP contribution in [0.3, 0.4) is 0 Å². The highest BCUT2D eigenvalue weighted by Gasteiger charge is 2.06. The molecular weight excluding hydrogens is 303 g/mol. The first-order chi connectivity index (χ1) is 9.16. The Labute approximate surface area is 128 Å². The Morgan fingerprint density at radius 2 is 1.53 bits per heavy atom. The van der Waals surface area contributed by atoms with Crippen LogP contribution in [0.25, 0.3) is 0 Å². The highest BCUT2D eigenvalue weighted by Crippen LogP contribution is 2.33. The summed E-state index contributed by atoms with van der Waals surface area (Å²) in [5, 5.41) is 1.36. The zero-order chi connectivity index (χ0) is 13.7. The molecule has 2 aromatic carbocycles. The monoisotopic (exact) mass is 314 g/mol. The molecule has 0 heterocycles. The van der Waals surface area contributed by atoms with Gasteiger partial charge in [-0.05, 0) is 24.5 Å². The lowest BCUT2D eigenvalue weighted by Gasteiger charge is -2.09. The summed E-state index contributed by atoms with van der Waals surface area (Å²) < 4.78 is 5.62. The Kier molecular flexibility index (Phi) is 5.38. The number of aryl methyl sites for hydroxylation is 1. The van der Waals surface area contributed by atoms with Crippen LogP contribution in [0.1, 0.15) is 12.0 Å². The molecule has 0 aliphatic carbocycles. The van der Waals surface area contributed by atoms with E-state index in [1.54, 1.807) is 12.1 Å². The van der Waals surface area contributed by atoms with Crippen LogP contribution in [-0.2, 0) is 6.42 Å². The van der Waals surface area contributed by atoms with Crippen molar-refractivity contribution >= 4 is 34.8 Å². The average molecular weight is 316 g/mol. The van der Waals surface area contributed by atoms with Gasteiger partial charge in [0.2, 0.25) is 0 Å². The highest BCUT2D eigenvalue weighted by molar-refractivity contribution is 6.43. The molecule has 0 N–H and O–H groups in total. The fraction of sp³-hybridized carbons (Fsp3) is 0.200. The molecule has 4 heteroatoms. The molecule has 1 nitrogen and oxygen atoms in total. The summed E-state index contributed by atoms with van der Waals surface area (Å²) in [5.74, 6) is 0.573. The van der Waals surface area contributed by atoms with E-state index in [2.05, 4.69) is 12.1 Å². The van der Waals surface area contributed by atoms with Crippen LogP contribution in [0.2, 0.25) is 15.1 Å². The second-order valence-electron chi connectivity index (χ2n) is 4.13. The van der Waals surface area contributed by atoms with Crippen molar-refractivity contribution in [2.75, 3.05) is 6.61 Å². The summed E-state index contributed by atoms with van der Waals surface area (Å²) in [7, 11) is 0. The van der Waals surface area contributed by atoms with E-state index in [9.17, 15) is 0 Å². The smallest absolute Gasteiger partial charge is 0.139 e. The first-order valence-corrected chi connectivity index (χ1v) is 7.11. The van der Waals surface area contributed by atoms with Crippen LogP contribution in [0.15, 0.2) is 42.5 Å². The van der Waals surface area contributed by atoms with Gasteiger partial charge in [0, 0.05) is 6.07 Å². The summed E-state index contributed by atoms with van der Waals surface area (Å²) in [6.07, 6.45) is 1.89. The van der Waals surface area contributed by atoms with E-state index in [4.69, 9.17) is 39.5 Å². The molecule has 0 aromatic heterocycles. The second kappa shape index (κ2) is 7.04. The number of rotatable bonds is 5. The maximum Gasteiger partial charge on any atom is 0.139 e. The minimum atomic E-state index is 0.434. The molecule has 0 radical (unpaired) electrons. The fourth-order valence-corrected chi connectivity index (χ4v) is 2.31. The van der Waals surface area contributed by atoms with Gasteiger partial charge in [-0.15, -0.1) is 0 Å². The van der Waals surface area contributed by atoms with Gasteiger partial charge in [0.05, 0.1) is 21.7 Å². The van der Waals surface area contributed by atoms with Gasteiger partial charge in [-0.25, -0.2) is 0 Å². The normalized spacial score (nSPS) is 10.5. The molecule has 2 aromatic rings. The van der Waals surface area contributed by atoms with Gasteiger partial charge in [-0.1, -0.05) is 65.1 Å². The molecule has 0 aliphatic rings. The van der Waals surface area contributed by atoms with Crippen molar-refractivity contribution in [2.24, 2.45) is 0 Å². The Bertz CT molecular complexity index is 541. The number of ether oxygens (including phenoxy) is 1. The average Bonchev–Trinajstić information content (AvgIpc) is 2.41. The Hall–Kier alpha value is -0.890. The Morgan fingerprint density at radius 3 is 2.26 bits per heavy atom. The third-order valence-corrected chi connectivity index (χ3v) is 3.70. The lowest BCUT2D eigenvalue weighted by molar-refractivity contribution is 0.311. The third-order valence-electron chi connectivity index (χ3n) is 2.68. The van der Waals surface area contributed by atoms with E-state index >= 15 is 0 Å². The molecular formula is C15H13Cl3O. The largest absolute Gasteiger partial charge is 0.492 e. The van der Waals surface area contributed by atoms with Crippen molar-refractivity contribution in [1.82, 2.24) is 0 Å². The summed E-state index contributed by atoms with van der Waals surface area (Å²) in [6, 6.07) is 13.5. The number of halogens is 3. The molecule has 0 unspecified atom stereocenters. The first-order valence-electron chi connectivity index (χ1n) is 5.98. The molecule has 19 heavy (non-hydrogen) atoms. The lowest BCUT2D eigenvalue weighted by atomic mass is 10.1. The predicted octanol–water partition coefficient (Wildman–Crippen LogP) is 5.66. The SMILES string of the molecule is Clc1cc(Cl)c(OCCCc2ccccc2)cc1Cl. The summed E-state index contributed by atoms with van der Waals surface area (Å²) in [6.45, 7) is 0.590. The number of benzene rings is 2. The van der Waals surface area contributed by atoms with Crippen LogP contribution < -0.4 is 4.74 Å². The van der Waals surface area contributed by atoms with E-state index in [1.807, 2.05) is 18.2 Å². The van der Waals surface area contributed by atoms with Crippen molar-refractivity contribution in [1.29, 1.82) is 0 Å². The molecule has 2 rings (SSSR count). The summed E-state index contributed by atoms with van der Waals surface area (Å²) in [5.41, 5.74) is 1.30. The minimum Gasteiger partial charge on any atom is -0.492 e. The Morgan fingerprint density at radius 1 is 0.842 bits per heavy atom. The van der Waals surface area contributed by atoms with Gasteiger partial charge in [0.1, 0.15) is 5.75 Å². The molecule has 0 atom stereocenters. The number of hydrogen-bond acceptors (Lipinski definition) is 1. The van der Waals surface area contributed by atoms with Gasteiger partial charge in [-0.2, -0.15) is 0 Å². The topological polar surface area (TPSA) is 9.23 Å². The molecule has 0 aliphatic heterocycles. The van der Waals surface area contributed by atoms with Crippen molar-refractivity contribution in [3.8, 4) is 5.75 Å². The molecule has 0 amide bonds. The molecule has 0 saturated carbocycles. The number of hydrogen-bond donors (Lipinski definition) is 0. The Balaban J connectivity index is 1.85. The zero-order valence-electron chi connectivity index (χ0n) is 10.2. The maximum atomic E-state index is 6.03. The molecule has 0 saturated heterocycles. The zero-order valence-corrected chi connectivity index (χ0v) is 12.5. The molecule has 0 spiro atoms.